The van der Waals surface area contributed by atoms with Crippen LogP contribution in [0.5, 0.6) is 5.75 Å². The fraction of sp³-hybridized carbons (Fsp3) is 0.588. The minimum atomic E-state index is -0.403. The van der Waals surface area contributed by atoms with E-state index in [1.807, 2.05) is 26.1 Å². The van der Waals surface area contributed by atoms with Crippen LogP contribution in [-0.2, 0) is 0 Å². The molecule has 114 valence electrons. The molecule has 0 aromatic heterocycles. The minimum absolute atomic E-state index is 0.403. The molecule has 1 aliphatic rings. The van der Waals surface area contributed by atoms with Gasteiger partial charge in [0.1, 0.15) is 11.3 Å². The maximum absolute atomic E-state index is 9.16. The summed E-state index contributed by atoms with van der Waals surface area (Å²) in [5, 5.41) is 12.3. The van der Waals surface area contributed by atoms with Crippen LogP contribution < -0.4 is 15.0 Å². The van der Waals surface area contributed by atoms with E-state index in [2.05, 4.69) is 28.4 Å². The number of nitrogens with one attached hydrogen (secondary N) is 1. The number of hydrogen-bond donors (Lipinski definition) is 1. The molecule has 21 heavy (non-hydrogen) atoms. The van der Waals surface area contributed by atoms with Crippen molar-refractivity contribution >= 4 is 5.69 Å². The number of hydrogen-bond acceptors (Lipinski definition) is 4. The summed E-state index contributed by atoms with van der Waals surface area (Å²) in [5.74, 6) is 0.993. The molecule has 0 bridgehead atoms. The van der Waals surface area contributed by atoms with Crippen LogP contribution >= 0.6 is 0 Å². The number of nitriles is 1. The zero-order valence-electron chi connectivity index (χ0n) is 13.1. The van der Waals surface area contributed by atoms with Gasteiger partial charge in [0.2, 0.25) is 0 Å². The van der Waals surface area contributed by atoms with Gasteiger partial charge in [-0.1, -0.05) is 12.1 Å². The lowest BCUT2D eigenvalue weighted by Crippen LogP contribution is -2.38. The van der Waals surface area contributed by atoms with Gasteiger partial charge in [0.25, 0.3) is 0 Å². The quantitative estimate of drug-likeness (QED) is 0.817. The first-order valence-electron chi connectivity index (χ1n) is 7.75. The molecule has 4 heteroatoms. The van der Waals surface area contributed by atoms with Crippen LogP contribution in [0.1, 0.15) is 32.6 Å². The topological polar surface area (TPSA) is 48.3 Å². The van der Waals surface area contributed by atoms with Gasteiger partial charge in [-0.05, 0) is 51.8 Å². The molecule has 4 nitrogen and oxygen atoms in total. The Kier molecular flexibility index (Phi) is 5.46. The number of fused-ring (bicyclic) bond motifs is 1. The summed E-state index contributed by atoms with van der Waals surface area (Å²) < 4.78 is 5.78. The monoisotopic (exact) mass is 287 g/mol. The molecule has 1 heterocycles. The predicted octanol–water partition coefficient (Wildman–Crippen LogP) is 2.95. The van der Waals surface area contributed by atoms with Crippen LogP contribution in [0.15, 0.2) is 24.3 Å². The van der Waals surface area contributed by atoms with Gasteiger partial charge in [-0.25, -0.2) is 0 Å². The molecule has 0 amide bonds. The van der Waals surface area contributed by atoms with Crippen molar-refractivity contribution in [3.05, 3.63) is 24.3 Å². The Balaban J connectivity index is 1.88. The number of unbranched alkanes of at least 4 members (excludes halogenated alkanes) is 1. The first kappa shape index (κ1) is 15.7. The van der Waals surface area contributed by atoms with Gasteiger partial charge in [-0.3, -0.25) is 0 Å². The number of anilines is 1. The second kappa shape index (κ2) is 7.33. The summed E-state index contributed by atoms with van der Waals surface area (Å²) in [5.41, 5.74) is 0.798. The second-order valence-corrected chi connectivity index (χ2v) is 5.81. The molecule has 1 unspecified atom stereocenters. The van der Waals surface area contributed by atoms with Gasteiger partial charge in [0, 0.05) is 13.1 Å². The molecule has 1 N–H and O–H groups in total. The van der Waals surface area contributed by atoms with Crippen LogP contribution in [0.3, 0.4) is 0 Å². The predicted molar refractivity (Wildman–Crippen MR) is 85.7 cm³/mol. The molecule has 0 saturated carbocycles. The number of nitrogens with zero attached hydrogens (tertiary/aromatic N) is 2. The molecule has 1 aromatic carbocycles. The lowest BCUT2D eigenvalue weighted by atomic mass is 9.97. The summed E-state index contributed by atoms with van der Waals surface area (Å²) in [6.45, 7) is 4.81. The fourth-order valence-electron chi connectivity index (χ4n) is 2.65. The van der Waals surface area contributed by atoms with E-state index in [-0.39, 0.29) is 0 Å². The molecule has 0 radical (unpaired) electrons. The maximum atomic E-state index is 9.16. The van der Waals surface area contributed by atoms with E-state index in [1.165, 1.54) is 5.69 Å². The Bertz CT molecular complexity index is 497. The SMILES string of the molecule is CNC(C)(C#N)CCCCN1CCCOc2ccccc21. The lowest BCUT2D eigenvalue weighted by molar-refractivity contribution is 0.322. The molecule has 0 spiro atoms. The van der Waals surface area contributed by atoms with Crippen LogP contribution in [0.2, 0.25) is 0 Å². The highest BCUT2D eigenvalue weighted by molar-refractivity contribution is 5.58. The Morgan fingerprint density at radius 3 is 2.95 bits per heavy atom. The Morgan fingerprint density at radius 2 is 2.19 bits per heavy atom. The van der Waals surface area contributed by atoms with Gasteiger partial charge >= 0.3 is 0 Å². The molecule has 1 aromatic rings. The molecule has 2 rings (SSSR count). The largest absolute Gasteiger partial charge is 0.491 e. The smallest absolute Gasteiger partial charge is 0.142 e. The molecular weight excluding hydrogens is 262 g/mol. The highest BCUT2D eigenvalue weighted by Gasteiger charge is 2.21. The van der Waals surface area contributed by atoms with E-state index in [9.17, 15) is 0 Å². The van der Waals surface area contributed by atoms with Crippen LogP contribution in [0.4, 0.5) is 5.69 Å². The number of ether oxygens (including phenoxy) is 1. The van der Waals surface area contributed by atoms with E-state index in [4.69, 9.17) is 10.00 Å². The maximum Gasteiger partial charge on any atom is 0.142 e. The van der Waals surface area contributed by atoms with Crippen molar-refractivity contribution in [3.8, 4) is 11.8 Å². The molecular formula is C17H25N3O. The average Bonchev–Trinajstić information content (AvgIpc) is 2.74. The Labute approximate surface area is 127 Å². The summed E-state index contributed by atoms with van der Waals surface area (Å²) >= 11 is 0. The average molecular weight is 287 g/mol. The summed E-state index contributed by atoms with van der Waals surface area (Å²) in [4.78, 5) is 2.41. The normalized spacial score (nSPS) is 17.1. The van der Waals surface area contributed by atoms with Crippen LogP contribution in [0, 0.1) is 11.3 Å². The molecule has 0 fully saturated rings. The van der Waals surface area contributed by atoms with E-state index >= 15 is 0 Å². The highest BCUT2D eigenvalue weighted by Crippen LogP contribution is 2.30. The second-order valence-electron chi connectivity index (χ2n) is 5.81. The number of benzene rings is 1. The van der Waals surface area contributed by atoms with Crippen molar-refractivity contribution in [3.63, 3.8) is 0 Å². The van der Waals surface area contributed by atoms with E-state index in [1.54, 1.807) is 0 Å². The first-order chi connectivity index (χ1) is 10.2. The third-order valence-corrected chi connectivity index (χ3v) is 4.19. The Hall–Kier alpha value is -1.73. The summed E-state index contributed by atoms with van der Waals surface area (Å²) in [7, 11) is 1.85. The van der Waals surface area contributed by atoms with Gasteiger partial charge in [0.15, 0.2) is 0 Å². The molecule has 0 aliphatic carbocycles. The van der Waals surface area contributed by atoms with Crippen LogP contribution in [0.25, 0.3) is 0 Å². The minimum Gasteiger partial charge on any atom is -0.491 e. The fourth-order valence-corrected chi connectivity index (χ4v) is 2.65. The first-order valence-corrected chi connectivity index (χ1v) is 7.75. The van der Waals surface area contributed by atoms with Crippen LogP contribution in [-0.4, -0.2) is 32.3 Å². The van der Waals surface area contributed by atoms with Crippen molar-refractivity contribution in [1.82, 2.24) is 5.32 Å². The summed E-state index contributed by atoms with van der Waals surface area (Å²) in [6.07, 6.45) is 4.07. The summed E-state index contributed by atoms with van der Waals surface area (Å²) in [6, 6.07) is 10.6. The number of para-hydroxylation sites is 2. The van der Waals surface area contributed by atoms with Crippen molar-refractivity contribution in [1.29, 1.82) is 5.26 Å². The third-order valence-electron chi connectivity index (χ3n) is 4.19. The van der Waals surface area contributed by atoms with E-state index in [0.29, 0.717) is 0 Å². The number of rotatable bonds is 6. The van der Waals surface area contributed by atoms with Gasteiger partial charge < -0.3 is 15.0 Å². The Morgan fingerprint density at radius 1 is 1.38 bits per heavy atom. The van der Waals surface area contributed by atoms with Crippen molar-refractivity contribution in [2.24, 2.45) is 0 Å². The zero-order chi connectivity index (χ0) is 15.1. The van der Waals surface area contributed by atoms with E-state index < -0.39 is 5.54 Å². The third kappa shape index (κ3) is 4.12. The van der Waals surface area contributed by atoms with Crippen molar-refractivity contribution in [2.75, 3.05) is 31.6 Å². The van der Waals surface area contributed by atoms with Gasteiger partial charge in [0.05, 0.1) is 18.4 Å². The van der Waals surface area contributed by atoms with Crippen molar-refractivity contribution in [2.45, 2.75) is 38.1 Å². The molecule has 1 atom stereocenters. The van der Waals surface area contributed by atoms with E-state index in [0.717, 1.165) is 51.1 Å². The standard InChI is InChI=1S/C17H25N3O/c1-17(14-18,19-2)10-5-6-11-20-12-7-13-21-16-9-4-3-8-15(16)20/h3-4,8-9,19H,5-7,10-13H2,1-2H3. The van der Waals surface area contributed by atoms with Gasteiger partial charge in [-0.2, -0.15) is 5.26 Å². The van der Waals surface area contributed by atoms with Gasteiger partial charge in [-0.15, -0.1) is 0 Å². The zero-order valence-corrected chi connectivity index (χ0v) is 13.1. The lowest BCUT2D eigenvalue weighted by Gasteiger charge is -2.25. The molecule has 1 aliphatic heterocycles. The van der Waals surface area contributed by atoms with Crippen molar-refractivity contribution < 1.29 is 4.74 Å². The molecule has 0 saturated heterocycles. The highest BCUT2D eigenvalue weighted by atomic mass is 16.5.